The van der Waals surface area contributed by atoms with Crippen molar-refractivity contribution in [3.8, 4) is 0 Å². The lowest BCUT2D eigenvalue weighted by molar-refractivity contribution is -0.345. The van der Waals surface area contributed by atoms with E-state index < -0.39 is 12.5 Å². The van der Waals surface area contributed by atoms with Gasteiger partial charge in [0.05, 0.1) is 23.8 Å². The first-order chi connectivity index (χ1) is 20.0. The third-order valence-corrected chi connectivity index (χ3v) is 8.94. The van der Waals surface area contributed by atoms with E-state index in [1.165, 1.54) is 0 Å². The molecule has 2 saturated heterocycles. The zero-order valence-corrected chi connectivity index (χ0v) is 24.8. The molecule has 2 saturated carbocycles. The third-order valence-electron chi connectivity index (χ3n) is 8.94. The number of anilines is 1. The van der Waals surface area contributed by atoms with Crippen molar-refractivity contribution in [2.45, 2.75) is 95.4 Å². The molecule has 12 heteroatoms. The van der Waals surface area contributed by atoms with E-state index in [1.54, 1.807) is 12.0 Å². The molecule has 2 amide bonds. The highest BCUT2D eigenvalue weighted by Gasteiger charge is 2.40. The number of pyridine rings is 1. The normalized spacial score (nSPS) is 27.1. The maximum atomic E-state index is 14.2. The van der Waals surface area contributed by atoms with Gasteiger partial charge in [0.2, 0.25) is 5.91 Å². The van der Waals surface area contributed by atoms with Gasteiger partial charge in [0, 0.05) is 58.1 Å². The van der Waals surface area contributed by atoms with Crippen LogP contribution in [0, 0.1) is 11.8 Å². The Kier molecular flexibility index (Phi) is 9.63. The lowest BCUT2D eigenvalue weighted by atomic mass is 9.89. The van der Waals surface area contributed by atoms with Crippen molar-refractivity contribution in [3.63, 3.8) is 0 Å². The van der Waals surface area contributed by atoms with Crippen molar-refractivity contribution in [1.29, 1.82) is 0 Å². The van der Waals surface area contributed by atoms with Gasteiger partial charge in [-0.3, -0.25) is 14.3 Å². The van der Waals surface area contributed by atoms with Crippen LogP contribution in [-0.2, 0) is 14.3 Å². The molecule has 2 unspecified atom stereocenters. The molecular formula is C30H44F3N5O4. The number of likely N-dealkylation sites (tertiary alicyclic amines) is 1. The lowest BCUT2D eigenvalue weighted by Gasteiger charge is -2.41. The average molecular weight is 596 g/mol. The Balaban J connectivity index is 1.28. The molecular weight excluding hydrogens is 551 g/mol. The van der Waals surface area contributed by atoms with Crippen LogP contribution in [0.5, 0.6) is 0 Å². The topological polar surface area (TPSA) is 96.0 Å². The minimum Gasteiger partial charge on any atom is -0.381 e. The van der Waals surface area contributed by atoms with Gasteiger partial charge in [-0.15, -0.1) is 13.2 Å². The van der Waals surface area contributed by atoms with Gasteiger partial charge in [-0.1, -0.05) is 13.8 Å². The molecule has 1 aromatic rings. The summed E-state index contributed by atoms with van der Waals surface area (Å²) in [5.41, 5.74) is 2.32. The fraction of sp³-hybridized carbons (Fsp3) is 0.767. The van der Waals surface area contributed by atoms with E-state index in [0.29, 0.717) is 37.7 Å². The molecule has 2 aliphatic carbocycles. The Morgan fingerprint density at radius 3 is 2.45 bits per heavy atom. The summed E-state index contributed by atoms with van der Waals surface area (Å²) in [6.45, 7) is 6.14. The van der Waals surface area contributed by atoms with Gasteiger partial charge in [0.15, 0.2) is 5.69 Å². The van der Waals surface area contributed by atoms with Gasteiger partial charge in [0.25, 0.3) is 5.91 Å². The van der Waals surface area contributed by atoms with Crippen LogP contribution in [0.25, 0.3) is 0 Å². The van der Waals surface area contributed by atoms with E-state index >= 15 is 0 Å². The van der Waals surface area contributed by atoms with Gasteiger partial charge in [-0.2, -0.15) is 0 Å². The predicted octanol–water partition coefficient (Wildman–Crippen LogP) is 4.15. The molecule has 9 nitrogen and oxygen atoms in total. The minimum atomic E-state index is -4.67. The maximum Gasteiger partial charge on any atom is 0.522 e. The SMILES string of the molecule is COC1CC(Nc2cc(C3CC3)cnc2C(=O)N(CC(C)C)C2CNCC(C(=O)N3CCC(OC(F)(F)F)CC3)C2)C1. The molecule has 42 heavy (non-hydrogen) atoms. The first-order valence-corrected chi connectivity index (χ1v) is 15.3. The van der Waals surface area contributed by atoms with Crippen LogP contribution in [-0.4, -0.2) is 97.1 Å². The molecule has 0 aromatic carbocycles. The van der Waals surface area contributed by atoms with Gasteiger partial charge in [-0.05, 0) is 68.4 Å². The number of carbonyl (C=O) groups excluding carboxylic acids is 2. The number of alkyl halides is 3. The standard InChI is InChI=1S/C30H44F3N5O4/c1-18(2)17-38(23-10-21(14-34-16-23)28(39)37-8-6-24(7-9-37)42-30(31,32)33)29(40)27-26(36-22-12-25(13-22)41-3)11-20(15-35-27)19-4-5-19/h11,15,18-19,21-25,34,36H,4-10,12-14,16-17H2,1-3H3. The molecule has 4 fully saturated rings. The molecule has 2 N–H and O–H groups in total. The zero-order valence-electron chi connectivity index (χ0n) is 24.8. The number of rotatable bonds is 10. The quantitative estimate of drug-likeness (QED) is 0.420. The van der Waals surface area contributed by atoms with Crippen LogP contribution >= 0.6 is 0 Å². The van der Waals surface area contributed by atoms with E-state index in [1.807, 2.05) is 11.1 Å². The van der Waals surface area contributed by atoms with Crippen molar-refractivity contribution in [1.82, 2.24) is 20.1 Å². The van der Waals surface area contributed by atoms with Crippen LogP contribution in [0.2, 0.25) is 0 Å². The number of nitrogens with zero attached hydrogens (tertiary/aromatic N) is 3. The summed E-state index contributed by atoms with van der Waals surface area (Å²) in [6.07, 6.45) is 1.29. The summed E-state index contributed by atoms with van der Waals surface area (Å²) >= 11 is 0. The molecule has 5 rings (SSSR count). The fourth-order valence-corrected chi connectivity index (χ4v) is 6.41. The summed E-state index contributed by atoms with van der Waals surface area (Å²) in [5.74, 6) is 0.105. The molecule has 0 spiro atoms. The minimum absolute atomic E-state index is 0.0819. The molecule has 0 bridgehead atoms. The van der Waals surface area contributed by atoms with Crippen molar-refractivity contribution in [3.05, 3.63) is 23.5 Å². The van der Waals surface area contributed by atoms with Crippen molar-refractivity contribution < 1.29 is 32.2 Å². The third kappa shape index (κ3) is 7.74. The predicted molar refractivity (Wildman–Crippen MR) is 151 cm³/mol. The highest BCUT2D eigenvalue weighted by atomic mass is 19.4. The average Bonchev–Trinajstić information content (AvgIpc) is 3.78. The summed E-state index contributed by atoms with van der Waals surface area (Å²) in [7, 11) is 1.72. The van der Waals surface area contributed by atoms with E-state index in [4.69, 9.17) is 9.72 Å². The number of aromatic nitrogens is 1. The Hall–Kier alpha value is -2.44. The number of methoxy groups -OCH3 is 1. The number of hydrogen-bond donors (Lipinski definition) is 2. The summed E-state index contributed by atoms with van der Waals surface area (Å²) in [6, 6.07) is 2.09. The van der Waals surface area contributed by atoms with E-state index in [2.05, 4.69) is 35.3 Å². The smallest absolute Gasteiger partial charge is 0.381 e. The van der Waals surface area contributed by atoms with E-state index in [-0.39, 0.29) is 67.8 Å². The lowest BCUT2D eigenvalue weighted by Crippen LogP contribution is -2.56. The Morgan fingerprint density at radius 2 is 1.83 bits per heavy atom. The Labute approximate surface area is 245 Å². The van der Waals surface area contributed by atoms with Crippen LogP contribution < -0.4 is 10.6 Å². The highest BCUT2D eigenvalue weighted by molar-refractivity contribution is 5.98. The van der Waals surface area contributed by atoms with Gasteiger partial charge < -0.3 is 25.2 Å². The second kappa shape index (κ2) is 13.1. The van der Waals surface area contributed by atoms with Crippen molar-refractivity contribution >= 4 is 17.5 Å². The van der Waals surface area contributed by atoms with E-state index in [9.17, 15) is 22.8 Å². The summed E-state index contributed by atoms with van der Waals surface area (Å²) in [4.78, 5) is 35.8. The Bertz CT molecular complexity index is 1100. The van der Waals surface area contributed by atoms with E-state index in [0.717, 1.165) is 36.9 Å². The monoisotopic (exact) mass is 595 g/mol. The second-order valence-corrected chi connectivity index (χ2v) is 12.8. The van der Waals surface area contributed by atoms with Gasteiger partial charge in [0.1, 0.15) is 0 Å². The van der Waals surface area contributed by atoms with Crippen molar-refractivity contribution in [2.24, 2.45) is 11.8 Å². The molecule has 234 valence electrons. The van der Waals surface area contributed by atoms with Crippen molar-refractivity contribution in [2.75, 3.05) is 45.2 Å². The van der Waals surface area contributed by atoms with Crippen LogP contribution in [0.4, 0.5) is 18.9 Å². The summed E-state index contributed by atoms with van der Waals surface area (Å²) in [5, 5.41) is 6.92. The van der Waals surface area contributed by atoms with Gasteiger partial charge >= 0.3 is 6.36 Å². The fourth-order valence-electron chi connectivity index (χ4n) is 6.41. The Morgan fingerprint density at radius 1 is 1.12 bits per heavy atom. The number of halogens is 3. The number of ether oxygens (including phenoxy) is 2. The van der Waals surface area contributed by atoms with Crippen LogP contribution in [0.3, 0.4) is 0 Å². The first kappa shape index (κ1) is 31.0. The molecule has 4 aliphatic rings. The molecule has 3 heterocycles. The van der Waals surface area contributed by atoms with Crippen LogP contribution in [0.15, 0.2) is 12.3 Å². The number of piperidine rings is 2. The maximum absolute atomic E-state index is 14.2. The first-order valence-electron chi connectivity index (χ1n) is 15.3. The highest BCUT2D eigenvalue weighted by Crippen LogP contribution is 2.41. The number of carbonyl (C=O) groups is 2. The largest absolute Gasteiger partial charge is 0.522 e. The molecule has 2 atom stereocenters. The van der Waals surface area contributed by atoms with Gasteiger partial charge in [-0.25, -0.2) is 4.98 Å². The number of amides is 2. The molecule has 1 aromatic heterocycles. The zero-order chi connectivity index (χ0) is 30.0. The second-order valence-electron chi connectivity index (χ2n) is 12.8. The van der Waals surface area contributed by atoms with Crippen LogP contribution in [0.1, 0.15) is 80.8 Å². The number of nitrogens with one attached hydrogen (secondary N) is 2. The molecule has 2 aliphatic heterocycles. The number of hydrogen-bond acceptors (Lipinski definition) is 7. The molecule has 0 radical (unpaired) electrons. The summed E-state index contributed by atoms with van der Waals surface area (Å²) < 4.78 is 47.5.